The number of hydrogen-bond acceptors (Lipinski definition) is 13. The van der Waals surface area contributed by atoms with Gasteiger partial charge in [-0.3, -0.25) is 19.2 Å². The van der Waals surface area contributed by atoms with Gasteiger partial charge in [0.15, 0.2) is 5.82 Å². The van der Waals surface area contributed by atoms with Crippen LogP contribution >= 0.6 is 0 Å². The van der Waals surface area contributed by atoms with E-state index in [0.29, 0.717) is 37.5 Å². The number of carbonyl (C=O) groups excluding carboxylic acids is 7. The van der Waals surface area contributed by atoms with Crippen LogP contribution in [-0.2, 0) is 59.8 Å². The maximum Gasteiger partial charge on any atom is 0.266 e. The first-order valence-corrected chi connectivity index (χ1v) is 16.8. The minimum atomic E-state index is -1.65. The van der Waals surface area contributed by atoms with Crippen molar-refractivity contribution in [3.8, 4) is 0 Å². The van der Waals surface area contributed by atoms with Crippen molar-refractivity contribution < 1.29 is 47.6 Å². The molecule has 270 valence electrons. The molecule has 1 aromatic rings. The van der Waals surface area contributed by atoms with Crippen molar-refractivity contribution in [1.29, 1.82) is 0 Å². The number of amides is 4. The maximum absolute atomic E-state index is 12.8. The number of H-pyrrole nitrogens is 1. The third kappa shape index (κ3) is 17.9. The summed E-state index contributed by atoms with van der Waals surface area (Å²) in [5.41, 5.74) is -1.38. The Labute approximate surface area is 282 Å². The minimum Gasteiger partial charge on any atom is -0.593 e. The summed E-state index contributed by atoms with van der Waals surface area (Å²) in [7, 11) is 0. The number of hydrogen-bond donors (Lipinski definition) is 5. The van der Waals surface area contributed by atoms with E-state index in [1.165, 1.54) is 0 Å². The number of aromatic amines is 1. The number of carbonyl (C=O) groups is 7. The van der Waals surface area contributed by atoms with E-state index in [1.54, 1.807) is 13.8 Å². The van der Waals surface area contributed by atoms with Crippen molar-refractivity contribution >= 4 is 53.8 Å². The molecule has 1 heterocycles. The second-order valence-corrected chi connectivity index (χ2v) is 13.5. The Kier molecular flexibility index (Phi) is 20.0. The lowest BCUT2D eigenvalue weighted by molar-refractivity contribution is -0.129. The second kappa shape index (κ2) is 22.7. The van der Waals surface area contributed by atoms with Crippen molar-refractivity contribution in [3.05, 3.63) is 5.82 Å². The lowest BCUT2D eigenvalue weighted by Crippen LogP contribution is -2.44. The second-order valence-electron chi connectivity index (χ2n) is 12.2. The maximum atomic E-state index is 12.8. The molecule has 0 aliphatic heterocycles. The summed E-state index contributed by atoms with van der Waals surface area (Å²) in [4.78, 5) is 81.4. The molecule has 18 nitrogen and oxygen atoms in total. The van der Waals surface area contributed by atoms with E-state index in [9.17, 15) is 38.1 Å². The summed E-state index contributed by atoms with van der Waals surface area (Å²) < 4.78 is 25.5. The van der Waals surface area contributed by atoms with Gasteiger partial charge in [-0.15, -0.1) is 5.10 Å². The number of ether oxygens (including phenoxy) is 2. The first kappa shape index (κ1) is 42.2. The number of aromatic nitrogens is 4. The molecule has 0 aliphatic rings. The van der Waals surface area contributed by atoms with Gasteiger partial charge in [0.25, 0.3) is 5.91 Å². The van der Waals surface area contributed by atoms with Crippen LogP contribution < -0.4 is 20.7 Å². The molecule has 0 fully saturated rings. The zero-order valence-corrected chi connectivity index (χ0v) is 28.7. The highest BCUT2D eigenvalue weighted by atomic mass is 32.2. The Hall–Kier alpha value is -3.81. The Morgan fingerprint density at radius 3 is 2.23 bits per heavy atom. The van der Waals surface area contributed by atoms with Crippen LogP contribution in [0.25, 0.3) is 0 Å². The van der Waals surface area contributed by atoms with Gasteiger partial charge in [0.05, 0.1) is 43.3 Å². The van der Waals surface area contributed by atoms with Gasteiger partial charge >= 0.3 is 0 Å². The summed E-state index contributed by atoms with van der Waals surface area (Å²) in [5, 5.41) is 21.4. The Bertz CT molecular complexity index is 1170. The molecule has 0 saturated heterocycles. The molecule has 0 saturated carbocycles. The third-order valence-electron chi connectivity index (χ3n) is 6.90. The van der Waals surface area contributed by atoms with Crippen LogP contribution in [0.5, 0.6) is 0 Å². The smallest absolute Gasteiger partial charge is 0.266 e. The van der Waals surface area contributed by atoms with Gasteiger partial charge in [0.1, 0.15) is 31.2 Å². The van der Waals surface area contributed by atoms with Gasteiger partial charge in [-0.25, -0.2) is 5.10 Å². The quantitative estimate of drug-likeness (QED) is 0.0408. The van der Waals surface area contributed by atoms with Gasteiger partial charge in [-0.2, -0.15) is 4.72 Å². The number of aldehydes is 3. The zero-order valence-electron chi connectivity index (χ0n) is 27.9. The molecule has 1 rings (SSSR count). The molecule has 48 heavy (non-hydrogen) atoms. The fraction of sp³-hybridized carbons (Fsp3) is 0.724. The average Bonchev–Trinajstić information content (AvgIpc) is 3.58. The molecular weight excluding hydrogens is 652 g/mol. The molecule has 0 spiro atoms. The highest BCUT2D eigenvalue weighted by Gasteiger charge is 2.39. The number of nitrogens with zero attached hydrogens (tertiary/aromatic N) is 3. The normalized spacial score (nSPS) is 13.4. The molecule has 5 N–H and O–H groups in total. The average molecular weight is 701 g/mol. The Morgan fingerprint density at radius 2 is 1.58 bits per heavy atom. The van der Waals surface area contributed by atoms with Gasteiger partial charge in [0, 0.05) is 43.1 Å². The fourth-order valence-electron chi connectivity index (χ4n) is 4.52. The standard InChI is InChI=1S/C29H48N8O10S/c1-28(2,26-33-36-37-34-26)20-29(3,4)27(44)35-48(45)16-6-8-23(41)30-11-13-46-14-15-47-19-25(43)32-22(18-40)9-10-24(42)31-21(17-39)7-5-12-38/h12,17-18,21-22H,5-11,13-16,19-20H2,1-4H3,(H,30,41)(H,31,42)(H,32,43)(H,35,44)(H,33,34,36,37). The van der Waals surface area contributed by atoms with Gasteiger partial charge in [0.2, 0.25) is 17.7 Å². The van der Waals surface area contributed by atoms with E-state index < -0.39 is 46.1 Å². The zero-order chi connectivity index (χ0) is 36.0. The number of tetrazole rings is 1. The molecule has 0 radical (unpaired) electrons. The largest absolute Gasteiger partial charge is 0.593 e. The van der Waals surface area contributed by atoms with Crippen molar-refractivity contribution in [2.24, 2.45) is 5.41 Å². The molecule has 3 atom stereocenters. The predicted molar refractivity (Wildman–Crippen MR) is 171 cm³/mol. The van der Waals surface area contributed by atoms with Gasteiger partial charge in [-0.05, 0) is 29.7 Å². The first-order valence-electron chi connectivity index (χ1n) is 15.5. The van der Waals surface area contributed by atoms with Crippen LogP contribution in [0.1, 0.15) is 78.5 Å². The van der Waals surface area contributed by atoms with E-state index in [4.69, 9.17) is 9.47 Å². The summed E-state index contributed by atoms with van der Waals surface area (Å²) in [5.74, 6) is -1.04. The Morgan fingerprint density at radius 1 is 0.917 bits per heavy atom. The van der Waals surface area contributed by atoms with E-state index in [0.717, 1.165) is 0 Å². The van der Waals surface area contributed by atoms with E-state index in [2.05, 4.69) is 41.3 Å². The summed E-state index contributed by atoms with van der Waals surface area (Å²) >= 11 is -1.65. The molecule has 4 amide bonds. The van der Waals surface area contributed by atoms with Gasteiger partial charge in [-0.1, -0.05) is 27.7 Å². The van der Waals surface area contributed by atoms with Crippen molar-refractivity contribution in [3.63, 3.8) is 0 Å². The van der Waals surface area contributed by atoms with Crippen molar-refractivity contribution in [1.82, 2.24) is 41.3 Å². The fourth-order valence-corrected chi connectivity index (χ4v) is 5.51. The summed E-state index contributed by atoms with van der Waals surface area (Å²) in [6.07, 6.45) is 2.69. The molecule has 0 bridgehead atoms. The lowest BCUT2D eigenvalue weighted by atomic mass is 9.74. The Balaban J connectivity index is 2.13. The van der Waals surface area contributed by atoms with Crippen LogP contribution in [-0.4, -0.2) is 118 Å². The molecule has 1 aromatic heterocycles. The van der Waals surface area contributed by atoms with Crippen LogP contribution in [0.15, 0.2) is 0 Å². The molecule has 3 unspecified atom stereocenters. The van der Waals surface area contributed by atoms with E-state index >= 15 is 0 Å². The lowest BCUT2D eigenvalue weighted by Gasteiger charge is -2.31. The van der Waals surface area contributed by atoms with Gasteiger partial charge < -0.3 is 44.4 Å². The summed E-state index contributed by atoms with van der Waals surface area (Å²) in [6, 6.07) is -1.72. The summed E-state index contributed by atoms with van der Waals surface area (Å²) in [6.45, 7) is 7.59. The minimum absolute atomic E-state index is 0.0189. The van der Waals surface area contributed by atoms with Crippen LogP contribution in [0.4, 0.5) is 0 Å². The molecule has 0 aliphatic carbocycles. The van der Waals surface area contributed by atoms with Crippen molar-refractivity contribution in [2.75, 3.05) is 38.7 Å². The topological polar surface area (TPSA) is 264 Å². The third-order valence-corrected chi connectivity index (χ3v) is 7.97. The highest BCUT2D eigenvalue weighted by molar-refractivity contribution is 7.90. The van der Waals surface area contributed by atoms with E-state index in [-0.39, 0.29) is 82.6 Å². The first-order chi connectivity index (χ1) is 22.7. The number of rotatable bonds is 27. The van der Waals surface area contributed by atoms with E-state index in [1.807, 2.05) is 13.8 Å². The number of nitrogens with one attached hydrogen (secondary N) is 5. The molecular formula is C29H48N8O10S. The van der Waals surface area contributed by atoms with Crippen LogP contribution in [0.3, 0.4) is 0 Å². The van der Waals surface area contributed by atoms with Crippen LogP contribution in [0, 0.1) is 5.41 Å². The molecule has 0 aromatic carbocycles. The monoisotopic (exact) mass is 700 g/mol. The predicted octanol–water partition coefficient (Wildman–Crippen LogP) is -1.27. The van der Waals surface area contributed by atoms with Crippen LogP contribution in [0.2, 0.25) is 0 Å². The SMILES string of the molecule is CC(C)(CC(C)(C)c1nnn[nH]1)C(=O)N[S+]([O-])CCCC(=O)NCCOCCOCC(=O)NC(C=O)CCC(=O)NC(C=O)CCC=O. The highest BCUT2D eigenvalue weighted by Crippen LogP contribution is 2.35. The van der Waals surface area contributed by atoms with Crippen molar-refractivity contribution in [2.45, 2.75) is 90.1 Å². The molecule has 19 heteroatoms.